The van der Waals surface area contributed by atoms with Crippen molar-refractivity contribution in [3.63, 3.8) is 0 Å². The van der Waals surface area contributed by atoms with E-state index in [0.717, 1.165) is 24.0 Å². The molecule has 0 saturated heterocycles. The fourth-order valence-corrected chi connectivity index (χ4v) is 1.80. The van der Waals surface area contributed by atoms with Crippen molar-refractivity contribution in [3.05, 3.63) is 34.9 Å². The molecule has 1 aromatic carbocycles. The largest absolute Gasteiger partial charge is 0.326 e. The van der Waals surface area contributed by atoms with Crippen LogP contribution in [0.1, 0.15) is 34.3 Å². The lowest BCUT2D eigenvalue weighted by atomic mass is 9.89. The van der Waals surface area contributed by atoms with Crippen molar-refractivity contribution < 1.29 is 4.79 Å². The minimum atomic E-state index is 0.275. The molecular weight excluding hydrogens is 162 g/mol. The number of nitrogens with two attached hydrogens (primary N) is 1. The van der Waals surface area contributed by atoms with Crippen LogP contribution in [-0.4, -0.2) is 5.78 Å². The molecule has 1 aliphatic carbocycles. The van der Waals surface area contributed by atoms with Gasteiger partial charge in [0.25, 0.3) is 0 Å². The van der Waals surface area contributed by atoms with Crippen LogP contribution in [0, 0.1) is 0 Å². The fourth-order valence-electron chi connectivity index (χ4n) is 1.80. The maximum Gasteiger partial charge on any atom is 0.163 e. The molecule has 2 rings (SSSR count). The third-order valence-corrected chi connectivity index (χ3v) is 2.56. The molecule has 0 aliphatic heterocycles. The Balaban J connectivity index is 2.47. The fraction of sp³-hybridized carbons (Fsp3) is 0.364. The molecule has 0 saturated carbocycles. The Bertz CT molecular complexity index is 344. The van der Waals surface area contributed by atoms with Gasteiger partial charge in [0.1, 0.15) is 0 Å². The first kappa shape index (κ1) is 8.45. The molecule has 1 aliphatic rings. The number of rotatable bonds is 1. The molecule has 0 amide bonds. The summed E-state index contributed by atoms with van der Waals surface area (Å²) < 4.78 is 0. The van der Waals surface area contributed by atoms with E-state index in [2.05, 4.69) is 0 Å². The lowest BCUT2D eigenvalue weighted by Gasteiger charge is -2.14. The van der Waals surface area contributed by atoms with Crippen LogP contribution < -0.4 is 5.73 Å². The Morgan fingerprint density at radius 1 is 1.31 bits per heavy atom. The zero-order valence-electron chi connectivity index (χ0n) is 7.55. The third kappa shape index (κ3) is 1.49. The number of carbonyl (C=O) groups excluding carboxylic acids is 1. The molecule has 0 atom stereocenters. The summed E-state index contributed by atoms with van der Waals surface area (Å²) in [6.07, 6.45) is 2.72. The SMILES string of the molecule is NCc1ccc2c(c1)C(=O)CCC2. The van der Waals surface area contributed by atoms with Gasteiger partial charge in [-0.15, -0.1) is 0 Å². The number of hydrogen-bond donors (Lipinski definition) is 1. The predicted molar refractivity (Wildman–Crippen MR) is 51.6 cm³/mol. The molecule has 1 aromatic rings. The number of fused-ring (bicyclic) bond motifs is 1. The Hall–Kier alpha value is -1.15. The molecule has 0 bridgehead atoms. The Morgan fingerprint density at radius 2 is 2.15 bits per heavy atom. The van der Waals surface area contributed by atoms with Gasteiger partial charge in [0, 0.05) is 18.5 Å². The van der Waals surface area contributed by atoms with Gasteiger partial charge < -0.3 is 5.73 Å². The van der Waals surface area contributed by atoms with Gasteiger partial charge in [-0.05, 0) is 30.0 Å². The molecule has 68 valence electrons. The van der Waals surface area contributed by atoms with Gasteiger partial charge in [-0.1, -0.05) is 12.1 Å². The second-order valence-corrected chi connectivity index (χ2v) is 3.47. The highest BCUT2D eigenvalue weighted by atomic mass is 16.1. The normalized spacial score (nSPS) is 15.6. The van der Waals surface area contributed by atoms with Gasteiger partial charge in [-0.3, -0.25) is 4.79 Å². The molecule has 0 fully saturated rings. The maximum absolute atomic E-state index is 11.5. The lowest BCUT2D eigenvalue weighted by Crippen LogP contribution is -2.11. The summed E-state index contributed by atoms with van der Waals surface area (Å²) in [5.74, 6) is 0.275. The van der Waals surface area contributed by atoms with Crippen LogP contribution in [0.25, 0.3) is 0 Å². The van der Waals surface area contributed by atoms with Crippen LogP contribution >= 0.6 is 0 Å². The molecule has 0 aromatic heterocycles. The summed E-state index contributed by atoms with van der Waals surface area (Å²) in [7, 11) is 0. The summed E-state index contributed by atoms with van der Waals surface area (Å²) in [6.45, 7) is 0.514. The average molecular weight is 175 g/mol. The molecule has 0 radical (unpaired) electrons. The second kappa shape index (κ2) is 3.30. The third-order valence-electron chi connectivity index (χ3n) is 2.56. The van der Waals surface area contributed by atoms with Gasteiger partial charge in [0.15, 0.2) is 5.78 Å². The second-order valence-electron chi connectivity index (χ2n) is 3.47. The number of Topliss-reactive ketones (excluding diaryl/α,β-unsaturated/α-hetero) is 1. The van der Waals surface area contributed by atoms with Crippen molar-refractivity contribution >= 4 is 5.78 Å². The van der Waals surface area contributed by atoms with E-state index >= 15 is 0 Å². The van der Waals surface area contributed by atoms with Crippen LogP contribution in [0.3, 0.4) is 0 Å². The van der Waals surface area contributed by atoms with Crippen molar-refractivity contribution in [2.75, 3.05) is 0 Å². The molecular formula is C11H13NO. The maximum atomic E-state index is 11.5. The van der Waals surface area contributed by atoms with E-state index in [9.17, 15) is 4.79 Å². The minimum Gasteiger partial charge on any atom is -0.326 e. The van der Waals surface area contributed by atoms with E-state index in [-0.39, 0.29) is 5.78 Å². The van der Waals surface area contributed by atoms with Crippen LogP contribution in [-0.2, 0) is 13.0 Å². The van der Waals surface area contributed by atoms with E-state index < -0.39 is 0 Å². The monoisotopic (exact) mass is 175 g/mol. The van der Waals surface area contributed by atoms with Crippen LogP contribution in [0.5, 0.6) is 0 Å². The summed E-state index contributed by atoms with van der Waals surface area (Å²) in [5, 5.41) is 0. The van der Waals surface area contributed by atoms with Gasteiger partial charge in [-0.2, -0.15) is 0 Å². The number of benzene rings is 1. The average Bonchev–Trinajstić information content (AvgIpc) is 2.18. The molecule has 0 unspecified atom stereocenters. The van der Waals surface area contributed by atoms with Gasteiger partial charge in [0.2, 0.25) is 0 Å². The Morgan fingerprint density at radius 3 is 2.92 bits per heavy atom. The summed E-state index contributed by atoms with van der Waals surface area (Å²) in [5.41, 5.74) is 8.65. The summed E-state index contributed by atoms with van der Waals surface area (Å²) >= 11 is 0. The topological polar surface area (TPSA) is 43.1 Å². The van der Waals surface area contributed by atoms with Crippen LogP contribution in [0.2, 0.25) is 0 Å². The first-order chi connectivity index (χ1) is 6.31. The van der Waals surface area contributed by atoms with Gasteiger partial charge >= 0.3 is 0 Å². The standard InChI is InChI=1S/C11H13NO/c12-7-8-4-5-9-2-1-3-11(13)10(9)6-8/h4-6H,1-3,7,12H2. The lowest BCUT2D eigenvalue weighted by molar-refractivity contribution is 0.0972. The highest BCUT2D eigenvalue weighted by Gasteiger charge is 2.16. The minimum absolute atomic E-state index is 0.275. The van der Waals surface area contributed by atoms with E-state index in [4.69, 9.17) is 5.73 Å². The van der Waals surface area contributed by atoms with Crippen molar-refractivity contribution in [2.45, 2.75) is 25.8 Å². The van der Waals surface area contributed by atoms with Crippen molar-refractivity contribution in [2.24, 2.45) is 5.73 Å². The zero-order chi connectivity index (χ0) is 9.26. The van der Waals surface area contributed by atoms with Crippen molar-refractivity contribution in [1.82, 2.24) is 0 Å². The Kier molecular flexibility index (Phi) is 2.15. The van der Waals surface area contributed by atoms with Crippen LogP contribution in [0.15, 0.2) is 18.2 Å². The van der Waals surface area contributed by atoms with E-state index in [1.807, 2.05) is 18.2 Å². The van der Waals surface area contributed by atoms with Crippen molar-refractivity contribution in [1.29, 1.82) is 0 Å². The number of ketones is 1. The molecule has 2 heteroatoms. The smallest absolute Gasteiger partial charge is 0.163 e. The zero-order valence-corrected chi connectivity index (χ0v) is 7.55. The highest BCUT2D eigenvalue weighted by molar-refractivity contribution is 5.98. The summed E-state index contributed by atoms with van der Waals surface area (Å²) in [4.78, 5) is 11.5. The van der Waals surface area contributed by atoms with Crippen LogP contribution in [0.4, 0.5) is 0 Å². The molecule has 0 heterocycles. The summed E-state index contributed by atoms with van der Waals surface area (Å²) in [6, 6.07) is 5.99. The first-order valence-electron chi connectivity index (χ1n) is 4.66. The predicted octanol–water partition coefficient (Wildman–Crippen LogP) is 1.66. The van der Waals surface area contributed by atoms with Gasteiger partial charge in [-0.25, -0.2) is 0 Å². The molecule has 13 heavy (non-hydrogen) atoms. The number of aryl methyl sites for hydroxylation is 1. The van der Waals surface area contributed by atoms with E-state index in [1.165, 1.54) is 5.56 Å². The quantitative estimate of drug-likeness (QED) is 0.705. The van der Waals surface area contributed by atoms with Crippen molar-refractivity contribution in [3.8, 4) is 0 Å². The molecule has 2 N–H and O–H groups in total. The Labute approximate surface area is 77.8 Å². The van der Waals surface area contributed by atoms with Gasteiger partial charge in [0.05, 0.1) is 0 Å². The molecule has 2 nitrogen and oxygen atoms in total. The molecule has 0 spiro atoms. The number of carbonyl (C=O) groups is 1. The highest BCUT2D eigenvalue weighted by Crippen LogP contribution is 2.21. The van der Waals surface area contributed by atoms with E-state index in [1.54, 1.807) is 0 Å². The first-order valence-corrected chi connectivity index (χ1v) is 4.66. The number of hydrogen-bond acceptors (Lipinski definition) is 2. The van der Waals surface area contributed by atoms with E-state index in [0.29, 0.717) is 13.0 Å².